The lowest BCUT2D eigenvalue weighted by Gasteiger charge is -2.35. The molecule has 0 aromatic heterocycles. The Morgan fingerprint density at radius 2 is 2.00 bits per heavy atom. The van der Waals surface area contributed by atoms with Crippen LogP contribution in [0.1, 0.15) is 0 Å². The van der Waals surface area contributed by atoms with E-state index < -0.39 is 0 Å². The second kappa shape index (κ2) is 6.19. The van der Waals surface area contributed by atoms with Gasteiger partial charge in [-0.25, -0.2) is 4.99 Å². The standard InChI is InChI=1S/C17H18Cl2N4/c18-11-1-3-14-13(9-11)17(23-7-5-20-6-8-23)22-16-10-12(19)2-4-15(16)21-14/h1-4,9-10,13-14,20-21H,5-8H2. The zero-order valence-electron chi connectivity index (χ0n) is 12.6. The van der Waals surface area contributed by atoms with Crippen LogP contribution in [0, 0.1) is 5.92 Å². The van der Waals surface area contributed by atoms with E-state index in [1.54, 1.807) is 0 Å². The normalized spacial score (nSPS) is 26.4. The van der Waals surface area contributed by atoms with Crippen LogP contribution in [0.15, 0.2) is 46.5 Å². The first kappa shape index (κ1) is 15.1. The number of anilines is 1. The molecule has 1 saturated heterocycles. The summed E-state index contributed by atoms with van der Waals surface area (Å²) in [7, 11) is 0. The molecule has 6 heteroatoms. The van der Waals surface area contributed by atoms with E-state index in [1.807, 2.05) is 24.3 Å². The molecule has 2 heterocycles. The molecule has 3 aliphatic rings. The summed E-state index contributed by atoms with van der Waals surface area (Å²) in [4.78, 5) is 7.33. The molecule has 0 amide bonds. The average Bonchev–Trinajstić information content (AvgIpc) is 2.72. The fraction of sp³-hybridized carbons (Fsp3) is 0.353. The molecule has 0 spiro atoms. The van der Waals surface area contributed by atoms with Crippen molar-refractivity contribution < 1.29 is 0 Å². The molecule has 2 unspecified atom stereocenters. The molecule has 1 aromatic carbocycles. The fourth-order valence-electron chi connectivity index (χ4n) is 3.29. The fourth-order valence-corrected chi connectivity index (χ4v) is 3.67. The quantitative estimate of drug-likeness (QED) is 0.754. The van der Waals surface area contributed by atoms with Gasteiger partial charge in [0.25, 0.3) is 0 Å². The maximum Gasteiger partial charge on any atom is 0.114 e. The lowest BCUT2D eigenvalue weighted by Crippen LogP contribution is -2.50. The number of benzene rings is 1. The van der Waals surface area contributed by atoms with Gasteiger partial charge in [0.05, 0.1) is 23.3 Å². The number of amidine groups is 1. The Balaban J connectivity index is 1.81. The van der Waals surface area contributed by atoms with Gasteiger partial charge in [0.15, 0.2) is 0 Å². The third-order valence-corrected chi connectivity index (χ3v) is 4.93. The first-order valence-electron chi connectivity index (χ1n) is 7.86. The topological polar surface area (TPSA) is 39.7 Å². The molecular weight excluding hydrogens is 331 g/mol. The summed E-state index contributed by atoms with van der Waals surface area (Å²) in [6, 6.07) is 5.95. The Morgan fingerprint density at radius 3 is 2.83 bits per heavy atom. The van der Waals surface area contributed by atoms with Crippen molar-refractivity contribution in [2.24, 2.45) is 10.9 Å². The Hall–Kier alpha value is -1.49. The lowest BCUT2D eigenvalue weighted by molar-refractivity contribution is 0.344. The van der Waals surface area contributed by atoms with Crippen molar-refractivity contribution in [2.75, 3.05) is 31.5 Å². The van der Waals surface area contributed by atoms with Crippen molar-refractivity contribution in [3.05, 3.63) is 46.5 Å². The summed E-state index contributed by atoms with van der Waals surface area (Å²) < 4.78 is 0. The summed E-state index contributed by atoms with van der Waals surface area (Å²) in [5.41, 5.74) is 1.89. The monoisotopic (exact) mass is 348 g/mol. The number of hydrogen-bond acceptors (Lipinski definition) is 4. The number of nitrogens with one attached hydrogen (secondary N) is 2. The molecule has 4 nitrogen and oxygen atoms in total. The molecule has 4 rings (SSSR count). The highest BCUT2D eigenvalue weighted by Gasteiger charge is 2.32. The van der Waals surface area contributed by atoms with Gasteiger partial charge in [-0.05, 0) is 24.3 Å². The minimum atomic E-state index is 0.122. The zero-order chi connectivity index (χ0) is 15.8. The maximum absolute atomic E-state index is 6.27. The van der Waals surface area contributed by atoms with Crippen LogP contribution in [0.4, 0.5) is 11.4 Å². The van der Waals surface area contributed by atoms with Crippen LogP contribution in [0.3, 0.4) is 0 Å². The molecule has 0 bridgehead atoms. The third-order valence-electron chi connectivity index (χ3n) is 4.44. The van der Waals surface area contributed by atoms with E-state index in [4.69, 9.17) is 28.2 Å². The Bertz CT molecular complexity index is 705. The first-order chi connectivity index (χ1) is 11.2. The molecule has 0 saturated carbocycles. The molecule has 2 atom stereocenters. The number of fused-ring (bicyclic) bond motifs is 2. The number of nitrogens with zero attached hydrogens (tertiary/aromatic N) is 2. The largest absolute Gasteiger partial charge is 0.376 e. The van der Waals surface area contributed by atoms with Gasteiger partial charge >= 0.3 is 0 Å². The van der Waals surface area contributed by atoms with Crippen molar-refractivity contribution in [1.82, 2.24) is 10.2 Å². The molecule has 2 aliphatic heterocycles. The summed E-state index contributed by atoms with van der Waals surface area (Å²) in [5.74, 6) is 1.18. The molecule has 23 heavy (non-hydrogen) atoms. The number of allylic oxidation sites excluding steroid dienone is 2. The van der Waals surface area contributed by atoms with Crippen LogP contribution < -0.4 is 10.6 Å². The Morgan fingerprint density at radius 1 is 1.17 bits per heavy atom. The van der Waals surface area contributed by atoms with Gasteiger partial charge in [0.1, 0.15) is 5.84 Å². The third kappa shape index (κ3) is 2.99. The highest BCUT2D eigenvalue weighted by atomic mass is 35.5. The van der Waals surface area contributed by atoms with Gasteiger partial charge in [-0.15, -0.1) is 0 Å². The lowest BCUT2D eigenvalue weighted by atomic mass is 9.92. The van der Waals surface area contributed by atoms with Crippen molar-refractivity contribution >= 4 is 40.4 Å². The summed E-state index contributed by atoms with van der Waals surface area (Å²) in [6.45, 7) is 3.85. The van der Waals surface area contributed by atoms with Gasteiger partial charge in [-0.3, -0.25) is 0 Å². The highest BCUT2D eigenvalue weighted by molar-refractivity contribution is 6.31. The van der Waals surface area contributed by atoms with E-state index in [-0.39, 0.29) is 12.0 Å². The predicted molar refractivity (Wildman–Crippen MR) is 97.0 cm³/mol. The minimum Gasteiger partial charge on any atom is -0.376 e. The highest BCUT2D eigenvalue weighted by Crippen LogP contribution is 2.36. The SMILES string of the molecule is ClC1=CC2C(N3CCNCC3)=Nc3cc(Cl)ccc3NC2C=C1. The van der Waals surface area contributed by atoms with Crippen LogP contribution in [-0.4, -0.2) is 43.0 Å². The van der Waals surface area contributed by atoms with E-state index in [0.29, 0.717) is 5.02 Å². The first-order valence-corrected chi connectivity index (χ1v) is 8.62. The molecular formula is C17H18Cl2N4. The Kier molecular flexibility index (Phi) is 4.05. The average molecular weight is 349 g/mol. The molecule has 120 valence electrons. The number of aliphatic imine (C=N–C) groups is 1. The number of halogens is 2. The van der Waals surface area contributed by atoms with Crippen LogP contribution in [0.2, 0.25) is 5.02 Å². The van der Waals surface area contributed by atoms with E-state index in [0.717, 1.165) is 48.4 Å². The van der Waals surface area contributed by atoms with Crippen molar-refractivity contribution in [3.63, 3.8) is 0 Å². The van der Waals surface area contributed by atoms with E-state index >= 15 is 0 Å². The molecule has 2 N–H and O–H groups in total. The second-order valence-electron chi connectivity index (χ2n) is 5.98. The second-order valence-corrected chi connectivity index (χ2v) is 6.85. The predicted octanol–water partition coefficient (Wildman–Crippen LogP) is 3.38. The van der Waals surface area contributed by atoms with Crippen LogP contribution >= 0.6 is 23.2 Å². The van der Waals surface area contributed by atoms with Crippen molar-refractivity contribution in [2.45, 2.75) is 6.04 Å². The van der Waals surface area contributed by atoms with Gasteiger partial charge in [0, 0.05) is 36.2 Å². The van der Waals surface area contributed by atoms with Crippen molar-refractivity contribution in [1.29, 1.82) is 0 Å². The van der Waals surface area contributed by atoms with Crippen molar-refractivity contribution in [3.8, 4) is 0 Å². The summed E-state index contributed by atoms with van der Waals surface area (Å²) in [6.07, 6.45) is 6.16. The van der Waals surface area contributed by atoms with E-state index in [1.165, 1.54) is 0 Å². The Labute approximate surface area is 145 Å². The number of piperazine rings is 1. The summed E-state index contributed by atoms with van der Waals surface area (Å²) >= 11 is 12.4. The van der Waals surface area contributed by atoms with Gasteiger partial charge in [0.2, 0.25) is 0 Å². The summed E-state index contributed by atoms with van der Waals surface area (Å²) in [5, 5.41) is 8.42. The van der Waals surface area contributed by atoms with Gasteiger partial charge in [-0.2, -0.15) is 0 Å². The number of rotatable bonds is 0. The van der Waals surface area contributed by atoms with E-state index in [9.17, 15) is 0 Å². The van der Waals surface area contributed by atoms with Gasteiger partial charge in [-0.1, -0.05) is 35.4 Å². The molecule has 1 aromatic rings. The van der Waals surface area contributed by atoms with Gasteiger partial charge < -0.3 is 15.5 Å². The maximum atomic E-state index is 6.27. The smallest absolute Gasteiger partial charge is 0.114 e. The molecule has 1 fully saturated rings. The minimum absolute atomic E-state index is 0.122. The molecule has 1 aliphatic carbocycles. The van der Waals surface area contributed by atoms with E-state index in [2.05, 4.69) is 27.7 Å². The number of hydrogen-bond donors (Lipinski definition) is 2. The van der Waals surface area contributed by atoms with Crippen LogP contribution in [0.25, 0.3) is 0 Å². The van der Waals surface area contributed by atoms with Crippen LogP contribution in [-0.2, 0) is 0 Å². The zero-order valence-corrected chi connectivity index (χ0v) is 14.1. The molecule has 0 radical (unpaired) electrons. The van der Waals surface area contributed by atoms with Crippen LogP contribution in [0.5, 0.6) is 0 Å².